The summed E-state index contributed by atoms with van der Waals surface area (Å²) in [5, 5.41) is 22.3. The zero-order chi connectivity index (χ0) is 44.5. The van der Waals surface area contributed by atoms with E-state index in [-0.39, 0.29) is 21.7 Å². The maximum atomic E-state index is 11.1. The first-order valence-corrected chi connectivity index (χ1v) is 21.6. The second kappa shape index (κ2) is 18.2. The van der Waals surface area contributed by atoms with Gasteiger partial charge < -0.3 is 10.2 Å². The Kier molecular flexibility index (Phi) is 15.2. The molecular formula is C54H73MoNO2. The van der Waals surface area contributed by atoms with E-state index < -0.39 is 0 Å². The Morgan fingerprint density at radius 3 is 0.931 bits per heavy atom. The summed E-state index contributed by atoms with van der Waals surface area (Å²) >= 11 is 1.72. The number of aryl methyl sites for hydroxylation is 6. The molecule has 312 valence electrons. The van der Waals surface area contributed by atoms with Crippen molar-refractivity contribution in [2.45, 2.75) is 160 Å². The van der Waals surface area contributed by atoms with Gasteiger partial charge in [-0.1, -0.05) is 119 Å². The van der Waals surface area contributed by atoms with Crippen molar-refractivity contribution in [1.82, 2.24) is 0 Å². The minimum absolute atomic E-state index is 0.00811. The molecule has 0 aromatic heterocycles. The number of benzene rings is 5. The molecule has 4 heteroatoms. The molecule has 0 spiro atoms. The van der Waals surface area contributed by atoms with Gasteiger partial charge in [0, 0.05) is 11.1 Å². The summed E-state index contributed by atoms with van der Waals surface area (Å²) in [6.07, 6.45) is 0. The van der Waals surface area contributed by atoms with Gasteiger partial charge >= 0.3 is 59.1 Å². The fourth-order valence-corrected chi connectivity index (χ4v) is 7.60. The molecule has 0 aliphatic carbocycles. The van der Waals surface area contributed by atoms with Gasteiger partial charge in [0.05, 0.1) is 0 Å². The van der Waals surface area contributed by atoms with E-state index in [1.807, 2.05) is 44.2 Å². The van der Waals surface area contributed by atoms with Crippen LogP contribution in [0.2, 0.25) is 0 Å². The molecule has 2 N–H and O–H groups in total. The number of hydrogen-bond acceptors (Lipinski definition) is 3. The first-order chi connectivity index (χ1) is 26.4. The molecule has 58 heavy (non-hydrogen) atoms. The Bertz CT molecular complexity index is 2130. The number of rotatable bonds is 3. The summed E-state index contributed by atoms with van der Waals surface area (Å²) in [5.74, 6) is 0.859. The van der Waals surface area contributed by atoms with Gasteiger partial charge in [0.25, 0.3) is 0 Å². The van der Waals surface area contributed by atoms with Crippen molar-refractivity contribution in [3.05, 3.63) is 133 Å². The van der Waals surface area contributed by atoms with Crippen LogP contribution in [0.5, 0.6) is 11.5 Å². The third-order valence-corrected chi connectivity index (χ3v) is 12.0. The summed E-state index contributed by atoms with van der Waals surface area (Å²) < 4.78 is 3.98. The van der Waals surface area contributed by atoms with Crippen molar-refractivity contribution in [2.75, 3.05) is 0 Å². The van der Waals surface area contributed by atoms with Gasteiger partial charge in [-0.2, -0.15) is 0 Å². The van der Waals surface area contributed by atoms with Crippen molar-refractivity contribution in [3.63, 3.8) is 0 Å². The van der Waals surface area contributed by atoms with E-state index in [4.69, 9.17) is 0 Å². The summed E-state index contributed by atoms with van der Waals surface area (Å²) in [4.78, 5) is 0. The zero-order valence-electron chi connectivity index (χ0n) is 39.6. The van der Waals surface area contributed by atoms with Crippen LogP contribution in [0.25, 0.3) is 22.3 Å². The minimum atomic E-state index is -0.0424. The van der Waals surface area contributed by atoms with Crippen molar-refractivity contribution in [2.24, 2.45) is 3.50 Å². The molecule has 0 aliphatic rings. The molecule has 5 aromatic carbocycles. The SMILES string of the molecule is Cc1cc(-c2c(C(C)(C)C)cc(C)c(C)c2O)c(C(C)(C)C)cc1C.Cc1cc(-c2c(C(C)(C)C)cc(C)c(C)c2O)c(C(C)(C)C)cc1C.[Mo]=[N]c1ccccc1. The molecule has 5 rings (SSSR count). The molecular weight excluding hydrogens is 791 g/mol. The molecule has 0 saturated heterocycles. The van der Waals surface area contributed by atoms with Gasteiger partial charge in [-0.05, 0) is 155 Å². The summed E-state index contributed by atoms with van der Waals surface area (Å²) in [6.45, 7) is 43.6. The first kappa shape index (κ1) is 48.6. The van der Waals surface area contributed by atoms with Gasteiger partial charge in [-0.15, -0.1) is 0 Å². The zero-order valence-corrected chi connectivity index (χ0v) is 41.6. The third kappa shape index (κ3) is 11.3. The van der Waals surface area contributed by atoms with Crippen LogP contribution in [-0.2, 0) is 41.3 Å². The quantitative estimate of drug-likeness (QED) is 0.178. The van der Waals surface area contributed by atoms with Gasteiger partial charge in [0.2, 0.25) is 0 Å². The predicted molar refractivity (Wildman–Crippen MR) is 248 cm³/mol. The molecule has 0 unspecified atom stereocenters. The second-order valence-electron chi connectivity index (χ2n) is 20.6. The van der Waals surface area contributed by atoms with Gasteiger partial charge in [-0.3, -0.25) is 0 Å². The number of nitrogens with zero attached hydrogens (tertiary/aromatic N) is 1. The summed E-state index contributed by atoms with van der Waals surface area (Å²) in [7, 11) is 0. The van der Waals surface area contributed by atoms with E-state index in [2.05, 4.69) is 165 Å². The van der Waals surface area contributed by atoms with Crippen LogP contribution in [0, 0.1) is 55.4 Å². The summed E-state index contributed by atoms with van der Waals surface area (Å²) in [6, 6.07) is 23.5. The van der Waals surface area contributed by atoms with E-state index in [1.165, 1.54) is 55.6 Å². The average Bonchev–Trinajstić information content (AvgIpc) is 3.10. The number of aromatic hydroxyl groups is 2. The molecule has 0 amide bonds. The van der Waals surface area contributed by atoms with Crippen molar-refractivity contribution in [1.29, 1.82) is 0 Å². The maximum absolute atomic E-state index is 11.1. The van der Waals surface area contributed by atoms with Crippen molar-refractivity contribution in [3.8, 4) is 33.8 Å². The Hall–Kier alpha value is -3.81. The topological polar surface area (TPSA) is 52.8 Å². The molecule has 5 aromatic rings. The molecule has 0 saturated carbocycles. The fourth-order valence-electron chi connectivity index (χ4n) is 7.30. The Morgan fingerprint density at radius 1 is 0.397 bits per heavy atom. The van der Waals surface area contributed by atoms with Gasteiger partial charge in [-0.25, -0.2) is 0 Å². The normalized spacial score (nSPS) is 12.0. The molecule has 0 aliphatic heterocycles. The van der Waals surface area contributed by atoms with Crippen molar-refractivity contribution >= 4 is 5.69 Å². The Morgan fingerprint density at radius 2 is 0.672 bits per heavy atom. The van der Waals surface area contributed by atoms with Crippen LogP contribution >= 0.6 is 0 Å². The Balaban J connectivity index is 0.000000260. The summed E-state index contributed by atoms with van der Waals surface area (Å²) in [5.41, 5.74) is 19.7. The number of hydrogen-bond donors (Lipinski definition) is 2. The Labute approximate surface area is 364 Å². The van der Waals surface area contributed by atoms with E-state index in [9.17, 15) is 10.2 Å². The van der Waals surface area contributed by atoms with Crippen LogP contribution in [0.1, 0.15) is 150 Å². The second-order valence-corrected chi connectivity index (χ2v) is 21.0. The van der Waals surface area contributed by atoms with Crippen LogP contribution in [0.4, 0.5) is 5.69 Å². The van der Waals surface area contributed by atoms with E-state index in [0.717, 1.165) is 39.1 Å². The molecule has 0 heterocycles. The van der Waals surface area contributed by atoms with Gasteiger partial charge in [0.1, 0.15) is 11.5 Å². The molecule has 3 nitrogen and oxygen atoms in total. The monoisotopic (exact) mass is 865 g/mol. The van der Waals surface area contributed by atoms with Crippen LogP contribution in [0.3, 0.4) is 0 Å². The molecule has 0 atom stereocenters. The van der Waals surface area contributed by atoms with E-state index >= 15 is 0 Å². The third-order valence-electron chi connectivity index (χ3n) is 11.5. The number of phenols is 2. The van der Waals surface area contributed by atoms with Gasteiger partial charge in [0.15, 0.2) is 0 Å². The van der Waals surface area contributed by atoms with E-state index in [0.29, 0.717) is 11.5 Å². The molecule has 0 radical (unpaired) electrons. The average molecular weight is 864 g/mol. The number of phenolic OH excluding ortho intramolecular Hbond substituents is 2. The van der Waals surface area contributed by atoms with Crippen LogP contribution < -0.4 is 0 Å². The van der Waals surface area contributed by atoms with Crippen LogP contribution in [0.15, 0.2) is 70.2 Å². The van der Waals surface area contributed by atoms with Crippen molar-refractivity contribution < 1.29 is 29.8 Å². The first-order valence-electron chi connectivity index (χ1n) is 20.7. The van der Waals surface area contributed by atoms with Crippen LogP contribution in [-0.4, -0.2) is 10.2 Å². The standard InChI is InChI=1S/2C24H34O.C6H5N.Mo/c2*1-14-11-18(19(12-15(14)2)23(5,6)7)21-20(24(8,9)10)13-16(3)17(4)22(21)25;7-6-4-2-1-3-5-6;/h2*11-13,25H,1-10H3;1-5H;. The van der Waals surface area contributed by atoms with E-state index in [1.54, 1.807) is 19.6 Å². The molecule has 0 bridgehead atoms. The predicted octanol–water partition coefficient (Wildman–Crippen LogP) is 15.8. The molecule has 0 fully saturated rings. The fraction of sp³-hybridized carbons (Fsp3) is 0.444.